The lowest BCUT2D eigenvalue weighted by Crippen LogP contribution is -2.29. The van der Waals surface area contributed by atoms with Crippen LogP contribution in [0.3, 0.4) is 0 Å². The van der Waals surface area contributed by atoms with Crippen molar-refractivity contribution in [3.8, 4) is 11.4 Å². The third-order valence-corrected chi connectivity index (χ3v) is 8.10. The van der Waals surface area contributed by atoms with Crippen LogP contribution in [0.2, 0.25) is 0 Å². The molecule has 2 aromatic heterocycles. The number of carbonyl (C=O) groups is 1. The van der Waals surface area contributed by atoms with Crippen molar-refractivity contribution in [2.75, 3.05) is 30.1 Å². The van der Waals surface area contributed by atoms with Crippen LogP contribution < -0.4 is 19.7 Å². The molecule has 1 fully saturated rings. The van der Waals surface area contributed by atoms with E-state index in [9.17, 15) is 13.2 Å². The highest BCUT2D eigenvalue weighted by Crippen LogP contribution is 2.45. The molecule has 2 atom stereocenters. The summed E-state index contributed by atoms with van der Waals surface area (Å²) in [6, 6.07) is 19.8. The molecule has 1 aliphatic rings. The fourth-order valence-electron chi connectivity index (χ4n) is 5.41. The molecule has 4 aromatic rings. The van der Waals surface area contributed by atoms with Crippen LogP contribution in [-0.2, 0) is 14.8 Å². The van der Waals surface area contributed by atoms with E-state index in [-0.39, 0.29) is 12.1 Å². The summed E-state index contributed by atoms with van der Waals surface area (Å²) in [5.74, 6) is -0.0345. The first-order chi connectivity index (χ1) is 20.0. The zero-order valence-corrected chi connectivity index (χ0v) is 25.4. The summed E-state index contributed by atoms with van der Waals surface area (Å²) in [5, 5.41) is 3.96. The van der Waals surface area contributed by atoms with E-state index in [1.807, 2.05) is 55.1 Å². The number of anilines is 2. The minimum Gasteiger partial charge on any atom is -0.494 e. The van der Waals surface area contributed by atoms with E-state index in [1.54, 1.807) is 30.5 Å². The van der Waals surface area contributed by atoms with E-state index in [1.165, 1.54) is 14.2 Å². The Kier molecular flexibility index (Phi) is 7.93. The third kappa shape index (κ3) is 5.55. The van der Waals surface area contributed by atoms with Crippen LogP contribution in [0.15, 0.2) is 72.9 Å². The summed E-state index contributed by atoms with van der Waals surface area (Å²) in [6.07, 6.45) is 2.84. The number of sulfonamides is 1. The van der Waals surface area contributed by atoms with Crippen molar-refractivity contribution < 1.29 is 22.7 Å². The Hall–Kier alpha value is -4.42. The summed E-state index contributed by atoms with van der Waals surface area (Å²) < 4.78 is 38.9. The van der Waals surface area contributed by atoms with Crippen LogP contribution in [0.25, 0.3) is 5.69 Å². The van der Waals surface area contributed by atoms with Crippen LogP contribution in [0.4, 0.5) is 11.4 Å². The van der Waals surface area contributed by atoms with Crippen molar-refractivity contribution in [1.29, 1.82) is 0 Å². The van der Waals surface area contributed by atoms with E-state index < -0.39 is 16.0 Å². The standard InChI is InChI=1S/C30H31N5O5S2/c1-18-16-23(19(2)34(18)21-11-9-20(10-12-21)29(36)40-4)28-27(25-8-6-7-15-31-25)32-30(41)35(28)22-13-14-24(26(17-22)39-3)33-42(5,37)38/h6-17,27-28,33H,1-5H3,(H,32,41)/t27-,28-/m0/s1. The lowest BCUT2D eigenvalue weighted by molar-refractivity contribution is 0.0600. The number of ether oxygens (including phenoxy) is 2. The molecule has 0 amide bonds. The van der Waals surface area contributed by atoms with Gasteiger partial charge in [-0.2, -0.15) is 0 Å². The van der Waals surface area contributed by atoms with Gasteiger partial charge in [-0.3, -0.25) is 9.71 Å². The quantitative estimate of drug-likeness (QED) is 0.215. The van der Waals surface area contributed by atoms with Crippen molar-refractivity contribution in [2.24, 2.45) is 0 Å². The molecule has 1 saturated heterocycles. The lowest BCUT2D eigenvalue weighted by Gasteiger charge is -2.29. The van der Waals surface area contributed by atoms with Gasteiger partial charge in [0.15, 0.2) is 5.11 Å². The lowest BCUT2D eigenvalue weighted by atomic mass is 9.96. The summed E-state index contributed by atoms with van der Waals surface area (Å²) in [6.45, 7) is 4.07. The molecule has 5 rings (SSSR count). The molecule has 0 radical (unpaired) electrons. The number of aromatic nitrogens is 2. The fraction of sp³-hybridized carbons (Fsp3) is 0.233. The summed E-state index contributed by atoms with van der Waals surface area (Å²) in [4.78, 5) is 18.6. The molecule has 12 heteroatoms. The van der Waals surface area contributed by atoms with E-state index in [0.717, 1.165) is 40.3 Å². The van der Waals surface area contributed by atoms with Crippen LogP contribution in [0.5, 0.6) is 5.75 Å². The van der Waals surface area contributed by atoms with E-state index in [2.05, 4.69) is 25.7 Å². The van der Waals surface area contributed by atoms with Gasteiger partial charge in [-0.15, -0.1) is 0 Å². The van der Waals surface area contributed by atoms with Gasteiger partial charge >= 0.3 is 5.97 Å². The molecule has 0 aliphatic carbocycles. The van der Waals surface area contributed by atoms with Gasteiger partial charge in [-0.1, -0.05) is 6.07 Å². The topological polar surface area (TPSA) is 115 Å². The maximum atomic E-state index is 12.0. The molecule has 0 unspecified atom stereocenters. The van der Waals surface area contributed by atoms with Crippen LogP contribution >= 0.6 is 12.2 Å². The number of hydrogen-bond acceptors (Lipinski definition) is 7. The summed E-state index contributed by atoms with van der Waals surface area (Å²) >= 11 is 5.89. The number of hydrogen-bond donors (Lipinski definition) is 2. The van der Waals surface area contributed by atoms with Gasteiger partial charge in [0.05, 0.1) is 49.5 Å². The normalized spacial score (nSPS) is 16.7. The van der Waals surface area contributed by atoms with Gasteiger partial charge in [0.2, 0.25) is 10.0 Å². The number of esters is 1. The fourth-order valence-corrected chi connectivity index (χ4v) is 6.33. The Balaban J connectivity index is 1.63. The smallest absolute Gasteiger partial charge is 0.337 e. The van der Waals surface area contributed by atoms with Gasteiger partial charge in [-0.25, -0.2) is 13.2 Å². The number of rotatable bonds is 8. The van der Waals surface area contributed by atoms with Crippen LogP contribution in [0.1, 0.15) is 45.1 Å². The predicted molar refractivity (Wildman–Crippen MR) is 166 cm³/mol. The molecule has 1 aliphatic heterocycles. The number of aryl methyl sites for hydroxylation is 1. The molecular formula is C30H31N5O5S2. The Morgan fingerprint density at radius 1 is 1.02 bits per heavy atom. The van der Waals surface area contributed by atoms with Crippen LogP contribution in [-0.4, -0.2) is 49.5 Å². The highest BCUT2D eigenvalue weighted by Gasteiger charge is 2.42. The molecule has 0 bridgehead atoms. The molecule has 0 saturated carbocycles. The van der Waals surface area contributed by atoms with E-state index >= 15 is 0 Å². The molecule has 0 spiro atoms. The molecule has 3 heterocycles. The maximum Gasteiger partial charge on any atom is 0.337 e. The Morgan fingerprint density at radius 2 is 1.74 bits per heavy atom. The number of thiocarbonyl (C=S) groups is 1. The molecule has 2 N–H and O–H groups in total. The van der Waals surface area contributed by atoms with E-state index in [4.69, 9.17) is 21.7 Å². The van der Waals surface area contributed by atoms with Gasteiger partial charge in [0.25, 0.3) is 0 Å². The Morgan fingerprint density at radius 3 is 2.36 bits per heavy atom. The first-order valence-electron chi connectivity index (χ1n) is 13.1. The zero-order valence-electron chi connectivity index (χ0n) is 23.8. The first-order valence-corrected chi connectivity index (χ1v) is 15.4. The number of nitrogens with zero attached hydrogens (tertiary/aromatic N) is 3. The second-order valence-electron chi connectivity index (χ2n) is 9.96. The number of carbonyl (C=O) groups excluding carboxylic acids is 1. The number of nitrogens with one attached hydrogen (secondary N) is 2. The first kappa shape index (κ1) is 29.1. The van der Waals surface area contributed by atoms with Crippen molar-refractivity contribution in [1.82, 2.24) is 14.9 Å². The van der Waals surface area contributed by atoms with Crippen molar-refractivity contribution in [2.45, 2.75) is 25.9 Å². The summed E-state index contributed by atoms with van der Waals surface area (Å²) in [7, 11) is -0.667. The second kappa shape index (κ2) is 11.5. The van der Waals surface area contributed by atoms with Gasteiger partial charge in [0, 0.05) is 35.0 Å². The van der Waals surface area contributed by atoms with Crippen molar-refractivity contribution in [3.63, 3.8) is 0 Å². The van der Waals surface area contributed by atoms with Gasteiger partial charge in [0.1, 0.15) is 5.75 Å². The highest BCUT2D eigenvalue weighted by molar-refractivity contribution is 7.92. The molecule has 42 heavy (non-hydrogen) atoms. The largest absolute Gasteiger partial charge is 0.494 e. The minimum absolute atomic E-state index is 0.283. The van der Waals surface area contributed by atoms with Crippen molar-refractivity contribution in [3.05, 3.63) is 101 Å². The average molecular weight is 606 g/mol. The zero-order chi connectivity index (χ0) is 30.2. The monoisotopic (exact) mass is 605 g/mol. The maximum absolute atomic E-state index is 12.0. The number of benzene rings is 2. The molecule has 218 valence electrons. The predicted octanol–water partition coefficient (Wildman–Crippen LogP) is 4.83. The van der Waals surface area contributed by atoms with E-state index in [0.29, 0.717) is 22.1 Å². The highest BCUT2D eigenvalue weighted by atomic mass is 32.2. The summed E-state index contributed by atoms with van der Waals surface area (Å²) in [5.41, 5.74) is 6.24. The molecule has 10 nitrogen and oxygen atoms in total. The van der Waals surface area contributed by atoms with Crippen molar-refractivity contribution >= 4 is 44.7 Å². The Bertz CT molecular complexity index is 1750. The SMILES string of the molecule is COC(=O)c1ccc(-n2c(C)cc([C@H]3[C@H](c4ccccn4)NC(=S)N3c3ccc(NS(C)(=O)=O)c(OC)c3)c2C)cc1. The van der Waals surface area contributed by atoms with Gasteiger partial charge in [-0.05, 0) is 86.2 Å². The second-order valence-corrected chi connectivity index (χ2v) is 12.1. The minimum atomic E-state index is -3.51. The number of pyridine rings is 1. The molecular weight excluding hydrogens is 574 g/mol. The number of methoxy groups -OCH3 is 2. The Labute approximate surface area is 250 Å². The van der Waals surface area contributed by atoms with Gasteiger partial charge < -0.3 is 24.3 Å². The average Bonchev–Trinajstić information content (AvgIpc) is 3.47. The third-order valence-electron chi connectivity index (χ3n) is 7.19. The molecule has 2 aromatic carbocycles. The van der Waals surface area contributed by atoms with Crippen LogP contribution in [0, 0.1) is 13.8 Å².